The molecule has 3 heterocycles. The maximum absolute atomic E-state index is 6.06. The third-order valence-electron chi connectivity index (χ3n) is 4.81. The Kier molecular flexibility index (Phi) is 5.38. The molecule has 158 valence electrons. The molecule has 0 spiro atoms. The summed E-state index contributed by atoms with van der Waals surface area (Å²) < 4.78 is 7.38. The number of halogens is 1. The van der Waals surface area contributed by atoms with Gasteiger partial charge in [0.2, 0.25) is 5.89 Å². The SMILES string of the molecule is Cn1c(-c2ccccn2)nc(-c2ccc(-c3nnc(N)o3)cc2)c1Sc1ccc(Cl)cc1. The normalized spacial score (nSPS) is 11.1. The largest absolute Gasteiger partial charge is 0.404 e. The van der Waals surface area contributed by atoms with Crippen molar-refractivity contribution in [1.82, 2.24) is 24.7 Å². The first-order chi connectivity index (χ1) is 15.6. The van der Waals surface area contributed by atoms with Gasteiger partial charge in [-0.2, -0.15) is 0 Å². The highest BCUT2D eigenvalue weighted by molar-refractivity contribution is 7.99. The average Bonchev–Trinajstić information content (AvgIpc) is 3.40. The van der Waals surface area contributed by atoms with Crippen LogP contribution in [0.2, 0.25) is 5.02 Å². The molecular weight excluding hydrogens is 444 g/mol. The van der Waals surface area contributed by atoms with Crippen molar-refractivity contribution in [1.29, 1.82) is 0 Å². The van der Waals surface area contributed by atoms with Crippen LogP contribution in [0.5, 0.6) is 0 Å². The first-order valence-electron chi connectivity index (χ1n) is 9.70. The highest BCUT2D eigenvalue weighted by Gasteiger charge is 2.20. The number of benzene rings is 2. The number of rotatable bonds is 5. The van der Waals surface area contributed by atoms with Crippen LogP contribution in [0, 0.1) is 0 Å². The maximum atomic E-state index is 6.06. The van der Waals surface area contributed by atoms with Crippen molar-refractivity contribution in [2.24, 2.45) is 7.05 Å². The summed E-state index contributed by atoms with van der Waals surface area (Å²) >= 11 is 7.68. The Bertz CT molecular complexity index is 1360. The Labute approximate surface area is 193 Å². The van der Waals surface area contributed by atoms with Gasteiger partial charge in [-0.15, -0.1) is 5.10 Å². The molecule has 0 aliphatic carbocycles. The van der Waals surface area contributed by atoms with E-state index in [1.165, 1.54) is 0 Å². The molecule has 0 unspecified atom stereocenters. The van der Waals surface area contributed by atoms with Gasteiger partial charge in [0.15, 0.2) is 5.82 Å². The summed E-state index contributed by atoms with van der Waals surface area (Å²) in [7, 11) is 1.99. The fourth-order valence-electron chi connectivity index (χ4n) is 3.25. The van der Waals surface area contributed by atoms with Crippen LogP contribution in [-0.2, 0) is 7.05 Å². The number of nitrogen functional groups attached to an aromatic ring is 1. The minimum absolute atomic E-state index is 0.0375. The van der Waals surface area contributed by atoms with Gasteiger partial charge in [-0.3, -0.25) is 4.98 Å². The number of hydrogen-bond donors (Lipinski definition) is 1. The number of pyridine rings is 1. The molecule has 0 saturated heterocycles. The van der Waals surface area contributed by atoms with Crippen molar-refractivity contribution in [3.05, 3.63) is 77.9 Å². The molecule has 5 rings (SSSR count). The lowest BCUT2D eigenvalue weighted by atomic mass is 10.1. The van der Waals surface area contributed by atoms with Gasteiger partial charge in [-0.05, 0) is 48.5 Å². The van der Waals surface area contributed by atoms with E-state index in [9.17, 15) is 0 Å². The van der Waals surface area contributed by atoms with E-state index < -0.39 is 0 Å². The van der Waals surface area contributed by atoms with Crippen LogP contribution < -0.4 is 5.73 Å². The van der Waals surface area contributed by atoms with E-state index in [0.29, 0.717) is 10.9 Å². The first kappa shape index (κ1) is 20.3. The van der Waals surface area contributed by atoms with Gasteiger partial charge in [-0.1, -0.05) is 46.7 Å². The average molecular weight is 461 g/mol. The van der Waals surface area contributed by atoms with E-state index in [2.05, 4.69) is 19.7 Å². The summed E-state index contributed by atoms with van der Waals surface area (Å²) in [6.45, 7) is 0. The first-order valence-corrected chi connectivity index (χ1v) is 10.9. The molecule has 2 N–H and O–H groups in total. The molecule has 5 aromatic rings. The van der Waals surface area contributed by atoms with Crippen LogP contribution in [0.15, 0.2) is 87.3 Å². The minimum atomic E-state index is 0.0375. The van der Waals surface area contributed by atoms with Crippen LogP contribution in [0.4, 0.5) is 6.01 Å². The van der Waals surface area contributed by atoms with Gasteiger partial charge in [0.1, 0.15) is 16.4 Å². The molecule has 0 atom stereocenters. The predicted molar refractivity (Wildman–Crippen MR) is 125 cm³/mol. The molecule has 0 bridgehead atoms. The number of hydrogen-bond acceptors (Lipinski definition) is 7. The minimum Gasteiger partial charge on any atom is -0.404 e. The summed E-state index contributed by atoms with van der Waals surface area (Å²) in [5.74, 6) is 1.16. The standard InChI is InChI=1S/C23H17ClN6OS/c1-30-20(18-4-2-3-13-26-18)27-19(22(30)32-17-11-9-16(24)10-12-17)14-5-7-15(8-6-14)21-28-29-23(25)31-21/h2-13H,1H3,(H2,25,29). The fraction of sp³-hybridized carbons (Fsp3) is 0.0435. The molecule has 32 heavy (non-hydrogen) atoms. The Morgan fingerprint density at radius 3 is 2.34 bits per heavy atom. The lowest BCUT2D eigenvalue weighted by Gasteiger charge is -2.08. The van der Waals surface area contributed by atoms with Crippen LogP contribution >= 0.6 is 23.4 Å². The Morgan fingerprint density at radius 2 is 1.69 bits per heavy atom. The molecule has 0 aliphatic rings. The van der Waals surface area contributed by atoms with Crippen molar-refractivity contribution in [2.45, 2.75) is 9.92 Å². The van der Waals surface area contributed by atoms with E-state index in [1.807, 2.05) is 73.8 Å². The predicted octanol–water partition coefficient (Wildman–Crippen LogP) is 5.59. The topological polar surface area (TPSA) is 95.7 Å². The van der Waals surface area contributed by atoms with Gasteiger partial charge in [0, 0.05) is 34.3 Å². The molecule has 0 saturated carbocycles. The lowest BCUT2D eigenvalue weighted by molar-refractivity contribution is 0.590. The zero-order chi connectivity index (χ0) is 22.1. The second kappa shape index (κ2) is 8.49. The third kappa shape index (κ3) is 3.98. The van der Waals surface area contributed by atoms with Gasteiger partial charge in [-0.25, -0.2) is 4.98 Å². The Morgan fingerprint density at radius 1 is 0.938 bits per heavy atom. The number of aromatic nitrogens is 5. The summed E-state index contributed by atoms with van der Waals surface area (Å²) in [5.41, 5.74) is 8.94. The van der Waals surface area contributed by atoms with Gasteiger partial charge in [0.05, 0.1) is 0 Å². The van der Waals surface area contributed by atoms with E-state index in [1.54, 1.807) is 18.0 Å². The van der Waals surface area contributed by atoms with E-state index in [4.69, 9.17) is 26.7 Å². The second-order valence-corrected chi connectivity index (χ2v) is 8.44. The molecular formula is C23H17ClN6OS. The maximum Gasteiger partial charge on any atom is 0.313 e. The molecule has 7 nitrogen and oxygen atoms in total. The van der Waals surface area contributed by atoms with Crippen LogP contribution in [-0.4, -0.2) is 24.7 Å². The Balaban J connectivity index is 1.59. The molecule has 0 aliphatic heterocycles. The second-order valence-electron chi connectivity index (χ2n) is 6.94. The zero-order valence-electron chi connectivity index (χ0n) is 16.9. The van der Waals surface area contributed by atoms with E-state index in [-0.39, 0.29) is 6.01 Å². The van der Waals surface area contributed by atoms with Crippen molar-refractivity contribution in [3.8, 4) is 34.2 Å². The highest BCUT2D eigenvalue weighted by Crippen LogP contribution is 2.39. The number of anilines is 1. The lowest BCUT2D eigenvalue weighted by Crippen LogP contribution is -1.95. The zero-order valence-corrected chi connectivity index (χ0v) is 18.5. The molecule has 0 amide bonds. The van der Waals surface area contributed by atoms with Crippen LogP contribution in [0.1, 0.15) is 0 Å². The van der Waals surface area contributed by atoms with Crippen molar-refractivity contribution < 1.29 is 4.42 Å². The number of nitrogens with two attached hydrogens (primary N) is 1. The summed E-state index contributed by atoms with van der Waals surface area (Å²) in [5, 5.41) is 9.35. The number of imidazole rings is 1. The monoisotopic (exact) mass is 460 g/mol. The van der Waals surface area contributed by atoms with Gasteiger partial charge < -0.3 is 14.7 Å². The number of nitrogens with zero attached hydrogens (tertiary/aromatic N) is 5. The van der Waals surface area contributed by atoms with Crippen molar-refractivity contribution in [3.63, 3.8) is 0 Å². The van der Waals surface area contributed by atoms with E-state index >= 15 is 0 Å². The van der Waals surface area contributed by atoms with Crippen LogP contribution in [0.25, 0.3) is 34.2 Å². The Hall–Kier alpha value is -3.62. The molecule has 0 radical (unpaired) electrons. The van der Waals surface area contributed by atoms with Crippen molar-refractivity contribution in [2.75, 3.05) is 5.73 Å². The van der Waals surface area contributed by atoms with Gasteiger partial charge >= 0.3 is 6.01 Å². The molecule has 2 aromatic carbocycles. The smallest absolute Gasteiger partial charge is 0.313 e. The van der Waals surface area contributed by atoms with E-state index in [0.717, 1.165) is 38.3 Å². The highest BCUT2D eigenvalue weighted by atomic mass is 35.5. The molecule has 3 aromatic heterocycles. The quantitative estimate of drug-likeness (QED) is 0.365. The molecule has 0 fully saturated rings. The van der Waals surface area contributed by atoms with Crippen molar-refractivity contribution >= 4 is 29.4 Å². The summed E-state index contributed by atoms with van der Waals surface area (Å²) in [6, 6.07) is 21.4. The fourth-order valence-corrected chi connectivity index (χ4v) is 4.35. The molecule has 9 heteroatoms. The summed E-state index contributed by atoms with van der Waals surface area (Å²) in [4.78, 5) is 10.5. The summed E-state index contributed by atoms with van der Waals surface area (Å²) in [6.07, 6.45) is 1.76. The van der Waals surface area contributed by atoms with Crippen LogP contribution in [0.3, 0.4) is 0 Å². The van der Waals surface area contributed by atoms with Gasteiger partial charge in [0.25, 0.3) is 0 Å². The third-order valence-corrected chi connectivity index (χ3v) is 6.23.